The first kappa shape index (κ1) is 27.4. The standard InChI is InChI=1S/C27H30F6N2O2/c1-18(36)37-23(24(8-12-34-13-9-24)19-4-2-6-21(16-19)26(28,29)30)25(10-14-35-15-11-25)20-5-3-7-22(17-20)27(31,32)33/h2-7,16-17,23,34-35H,8-15H2,1H3. The molecule has 0 bridgehead atoms. The summed E-state index contributed by atoms with van der Waals surface area (Å²) >= 11 is 0. The van der Waals surface area contributed by atoms with E-state index in [0.717, 1.165) is 24.3 Å². The predicted octanol–water partition coefficient (Wildman–Crippen LogP) is 5.60. The largest absolute Gasteiger partial charge is 0.461 e. The predicted molar refractivity (Wildman–Crippen MR) is 126 cm³/mol. The molecular weight excluding hydrogens is 498 g/mol. The summed E-state index contributed by atoms with van der Waals surface area (Å²) in [6.07, 6.45) is -8.68. The zero-order valence-corrected chi connectivity index (χ0v) is 20.4. The monoisotopic (exact) mass is 528 g/mol. The third-order valence-electron chi connectivity index (χ3n) is 7.81. The second-order valence-electron chi connectivity index (χ2n) is 9.96. The van der Waals surface area contributed by atoms with Gasteiger partial charge in [-0.1, -0.05) is 36.4 Å². The van der Waals surface area contributed by atoms with Gasteiger partial charge in [-0.25, -0.2) is 0 Å². The SMILES string of the molecule is CC(=O)OC(C1(c2cccc(C(F)(F)F)c2)CCNCC1)C1(c2cccc(C(F)(F)F)c2)CCNCC1. The summed E-state index contributed by atoms with van der Waals surface area (Å²) in [5.41, 5.74) is -2.96. The minimum absolute atomic E-state index is 0.362. The van der Waals surface area contributed by atoms with Crippen molar-refractivity contribution in [2.24, 2.45) is 0 Å². The van der Waals surface area contributed by atoms with E-state index in [0.29, 0.717) is 63.0 Å². The van der Waals surface area contributed by atoms with Crippen LogP contribution < -0.4 is 10.6 Å². The molecule has 4 nitrogen and oxygen atoms in total. The first-order chi connectivity index (χ1) is 17.4. The highest BCUT2D eigenvalue weighted by Gasteiger charge is 2.56. The maximum absolute atomic E-state index is 13.7. The number of piperidine rings is 2. The van der Waals surface area contributed by atoms with Gasteiger partial charge in [0.05, 0.1) is 11.1 Å². The number of ether oxygens (including phenoxy) is 1. The lowest BCUT2D eigenvalue weighted by Crippen LogP contribution is -2.60. The molecule has 0 unspecified atom stereocenters. The highest BCUT2D eigenvalue weighted by molar-refractivity contribution is 5.67. The molecule has 2 aliphatic heterocycles. The molecule has 2 fully saturated rings. The van der Waals surface area contributed by atoms with Crippen molar-refractivity contribution in [2.75, 3.05) is 26.2 Å². The second-order valence-corrected chi connectivity index (χ2v) is 9.96. The Morgan fingerprint density at radius 1 is 0.757 bits per heavy atom. The van der Waals surface area contributed by atoms with Crippen LogP contribution in [0.3, 0.4) is 0 Å². The van der Waals surface area contributed by atoms with E-state index in [1.54, 1.807) is 12.1 Å². The van der Waals surface area contributed by atoms with Gasteiger partial charge >= 0.3 is 18.3 Å². The van der Waals surface area contributed by atoms with Crippen molar-refractivity contribution in [3.05, 3.63) is 70.8 Å². The molecular formula is C27H30F6N2O2. The van der Waals surface area contributed by atoms with Crippen molar-refractivity contribution in [3.8, 4) is 0 Å². The number of hydrogen-bond acceptors (Lipinski definition) is 4. The lowest BCUT2D eigenvalue weighted by atomic mass is 9.56. The molecule has 4 rings (SSSR count). The summed E-state index contributed by atoms with van der Waals surface area (Å²) < 4.78 is 88.3. The molecule has 0 amide bonds. The van der Waals surface area contributed by atoms with E-state index in [1.807, 2.05) is 0 Å². The van der Waals surface area contributed by atoms with Crippen LogP contribution in [-0.4, -0.2) is 38.3 Å². The minimum Gasteiger partial charge on any atom is -0.461 e. The van der Waals surface area contributed by atoms with Crippen molar-refractivity contribution in [1.29, 1.82) is 0 Å². The first-order valence-corrected chi connectivity index (χ1v) is 12.3. The quantitative estimate of drug-likeness (QED) is 0.392. The molecule has 10 heteroatoms. The normalized spacial score (nSPS) is 20.0. The van der Waals surface area contributed by atoms with Crippen LogP contribution in [0.1, 0.15) is 54.9 Å². The fraction of sp³-hybridized carbons (Fsp3) is 0.519. The Morgan fingerprint density at radius 3 is 1.46 bits per heavy atom. The number of alkyl halides is 6. The third kappa shape index (κ3) is 5.50. The summed E-state index contributed by atoms with van der Waals surface area (Å²) in [6, 6.07) is 10.1. The summed E-state index contributed by atoms with van der Waals surface area (Å²) in [5.74, 6) is -0.625. The Morgan fingerprint density at radius 2 is 1.14 bits per heavy atom. The van der Waals surface area contributed by atoms with Gasteiger partial charge in [-0.05, 0) is 75.1 Å². The number of benzene rings is 2. The van der Waals surface area contributed by atoms with Gasteiger partial charge < -0.3 is 15.4 Å². The third-order valence-corrected chi connectivity index (χ3v) is 7.81. The van der Waals surface area contributed by atoms with E-state index in [9.17, 15) is 31.1 Å². The summed E-state index contributed by atoms with van der Waals surface area (Å²) in [4.78, 5) is 12.5. The molecule has 2 heterocycles. The van der Waals surface area contributed by atoms with Crippen LogP contribution in [0.2, 0.25) is 0 Å². The second kappa shape index (κ2) is 10.3. The fourth-order valence-corrected chi connectivity index (χ4v) is 6.08. The van der Waals surface area contributed by atoms with Crippen LogP contribution in [0.4, 0.5) is 26.3 Å². The topological polar surface area (TPSA) is 50.4 Å². The van der Waals surface area contributed by atoms with Crippen LogP contribution in [-0.2, 0) is 32.7 Å². The van der Waals surface area contributed by atoms with Crippen LogP contribution >= 0.6 is 0 Å². The summed E-state index contributed by atoms with van der Waals surface area (Å²) in [7, 11) is 0. The lowest BCUT2D eigenvalue weighted by Gasteiger charge is -2.53. The highest BCUT2D eigenvalue weighted by atomic mass is 19.4. The van der Waals surface area contributed by atoms with E-state index in [1.165, 1.54) is 19.1 Å². The number of carbonyl (C=O) groups is 1. The molecule has 2 saturated heterocycles. The lowest BCUT2D eigenvalue weighted by molar-refractivity contribution is -0.159. The first-order valence-electron chi connectivity index (χ1n) is 12.3. The zero-order chi connectivity index (χ0) is 26.9. The molecule has 2 N–H and O–H groups in total. The Kier molecular flexibility index (Phi) is 7.63. The van der Waals surface area contributed by atoms with Crippen molar-refractivity contribution in [1.82, 2.24) is 10.6 Å². The van der Waals surface area contributed by atoms with Gasteiger partial charge in [0.1, 0.15) is 6.10 Å². The summed E-state index contributed by atoms with van der Waals surface area (Å²) in [5, 5.41) is 6.45. The molecule has 0 spiro atoms. The molecule has 0 atom stereocenters. The Balaban J connectivity index is 1.96. The Bertz CT molecular complexity index is 1020. The molecule has 202 valence electrons. The number of esters is 1. The van der Waals surface area contributed by atoms with Gasteiger partial charge in [-0.15, -0.1) is 0 Å². The molecule has 37 heavy (non-hydrogen) atoms. The molecule has 2 aromatic carbocycles. The van der Waals surface area contributed by atoms with Gasteiger partial charge in [0.2, 0.25) is 0 Å². The molecule has 0 aliphatic carbocycles. The van der Waals surface area contributed by atoms with Crippen LogP contribution in [0.5, 0.6) is 0 Å². The van der Waals surface area contributed by atoms with E-state index in [2.05, 4.69) is 10.6 Å². The molecule has 2 aliphatic rings. The minimum atomic E-state index is -4.57. The van der Waals surface area contributed by atoms with E-state index >= 15 is 0 Å². The van der Waals surface area contributed by atoms with E-state index in [4.69, 9.17) is 4.74 Å². The number of hydrogen-bond donors (Lipinski definition) is 2. The van der Waals surface area contributed by atoms with Gasteiger partial charge in [-0.3, -0.25) is 4.79 Å². The van der Waals surface area contributed by atoms with Gasteiger partial charge in [0.15, 0.2) is 0 Å². The van der Waals surface area contributed by atoms with Crippen LogP contribution in [0.25, 0.3) is 0 Å². The van der Waals surface area contributed by atoms with Crippen molar-refractivity contribution in [2.45, 2.75) is 61.9 Å². The van der Waals surface area contributed by atoms with E-state index in [-0.39, 0.29) is 0 Å². The van der Waals surface area contributed by atoms with Crippen LogP contribution in [0, 0.1) is 0 Å². The number of rotatable bonds is 5. The molecule has 0 saturated carbocycles. The summed E-state index contributed by atoms with van der Waals surface area (Å²) in [6.45, 7) is 3.08. The number of nitrogens with one attached hydrogen (secondary N) is 2. The fourth-order valence-electron chi connectivity index (χ4n) is 6.08. The highest BCUT2D eigenvalue weighted by Crippen LogP contribution is 2.51. The number of halogens is 6. The smallest absolute Gasteiger partial charge is 0.416 e. The van der Waals surface area contributed by atoms with Crippen molar-refractivity contribution < 1.29 is 35.9 Å². The molecule has 2 aromatic rings. The Labute approximate surface area is 211 Å². The van der Waals surface area contributed by atoms with Gasteiger partial charge in [-0.2, -0.15) is 26.3 Å². The average Bonchev–Trinajstić information content (AvgIpc) is 2.87. The van der Waals surface area contributed by atoms with Crippen molar-refractivity contribution in [3.63, 3.8) is 0 Å². The maximum atomic E-state index is 13.7. The van der Waals surface area contributed by atoms with E-state index < -0.39 is 46.4 Å². The van der Waals surface area contributed by atoms with Gasteiger partial charge in [0.25, 0.3) is 0 Å². The maximum Gasteiger partial charge on any atom is 0.416 e. The number of carbonyl (C=O) groups excluding carboxylic acids is 1. The van der Waals surface area contributed by atoms with Gasteiger partial charge in [0, 0.05) is 17.8 Å². The molecule has 0 aromatic heterocycles. The van der Waals surface area contributed by atoms with Crippen LogP contribution in [0.15, 0.2) is 48.5 Å². The molecule has 0 radical (unpaired) electrons. The van der Waals surface area contributed by atoms with Crippen molar-refractivity contribution >= 4 is 5.97 Å². The Hall–Kier alpha value is -2.59. The average molecular weight is 529 g/mol. The zero-order valence-electron chi connectivity index (χ0n) is 20.4.